The van der Waals surface area contributed by atoms with Gasteiger partial charge in [-0.05, 0) is 48.9 Å². The quantitative estimate of drug-likeness (QED) is 0.912. The summed E-state index contributed by atoms with van der Waals surface area (Å²) in [5.74, 6) is -0.878. The largest absolute Gasteiger partial charge is 0.433 e. The Labute approximate surface area is 125 Å². The summed E-state index contributed by atoms with van der Waals surface area (Å²) in [5.41, 5.74) is 0.496. The van der Waals surface area contributed by atoms with Crippen molar-refractivity contribution in [1.82, 2.24) is 0 Å². The standard InChI is InChI=1S/C14H12F3NO3S/c1-9-2-7-12(13(8-9)21-14(16)17)18-22(19,20)11-5-3-10(15)4-6-11/h2-8,14,18H,1H3. The predicted octanol–water partition coefficient (Wildman–Crippen LogP) is 3.54. The third-order valence-corrected chi connectivity index (χ3v) is 4.10. The smallest absolute Gasteiger partial charge is 0.387 e. The molecule has 0 fully saturated rings. The zero-order valence-corrected chi connectivity index (χ0v) is 12.2. The first-order valence-electron chi connectivity index (χ1n) is 6.12. The number of aryl methyl sites for hydroxylation is 1. The maximum Gasteiger partial charge on any atom is 0.387 e. The molecule has 0 spiro atoms. The second-order valence-corrected chi connectivity index (χ2v) is 6.12. The highest BCUT2D eigenvalue weighted by molar-refractivity contribution is 7.92. The van der Waals surface area contributed by atoms with Gasteiger partial charge in [-0.2, -0.15) is 8.78 Å². The molecular weight excluding hydrogens is 319 g/mol. The minimum absolute atomic E-state index is 0.129. The van der Waals surface area contributed by atoms with E-state index in [-0.39, 0.29) is 16.3 Å². The van der Waals surface area contributed by atoms with E-state index in [0.717, 1.165) is 24.3 Å². The van der Waals surface area contributed by atoms with Gasteiger partial charge in [-0.3, -0.25) is 4.72 Å². The summed E-state index contributed by atoms with van der Waals surface area (Å²) >= 11 is 0. The van der Waals surface area contributed by atoms with Gasteiger partial charge in [0.15, 0.2) is 0 Å². The maximum absolute atomic E-state index is 12.8. The molecule has 0 aromatic heterocycles. The van der Waals surface area contributed by atoms with Gasteiger partial charge in [0.2, 0.25) is 0 Å². The van der Waals surface area contributed by atoms with E-state index in [1.807, 2.05) is 0 Å². The average Bonchev–Trinajstić information content (AvgIpc) is 2.41. The molecular formula is C14H12F3NO3S. The van der Waals surface area contributed by atoms with Crippen LogP contribution in [-0.4, -0.2) is 15.0 Å². The molecule has 2 aromatic rings. The maximum atomic E-state index is 12.8. The van der Waals surface area contributed by atoms with Crippen LogP contribution in [0.2, 0.25) is 0 Å². The Kier molecular flexibility index (Phi) is 4.60. The first kappa shape index (κ1) is 16.2. The number of nitrogens with one attached hydrogen (secondary N) is 1. The zero-order chi connectivity index (χ0) is 16.3. The molecule has 0 unspecified atom stereocenters. The van der Waals surface area contributed by atoms with Crippen molar-refractivity contribution < 1.29 is 26.3 Å². The van der Waals surface area contributed by atoms with Crippen molar-refractivity contribution in [2.75, 3.05) is 4.72 Å². The molecule has 0 heterocycles. The summed E-state index contributed by atoms with van der Waals surface area (Å²) in [5, 5.41) is 0. The topological polar surface area (TPSA) is 55.4 Å². The lowest BCUT2D eigenvalue weighted by Gasteiger charge is -2.14. The van der Waals surface area contributed by atoms with Crippen LogP contribution in [0.4, 0.5) is 18.9 Å². The minimum Gasteiger partial charge on any atom is -0.433 e. The van der Waals surface area contributed by atoms with Crippen LogP contribution in [0.5, 0.6) is 5.75 Å². The molecule has 2 rings (SSSR count). The highest BCUT2D eigenvalue weighted by atomic mass is 32.2. The molecule has 0 aliphatic heterocycles. The number of hydrogen-bond acceptors (Lipinski definition) is 3. The van der Waals surface area contributed by atoms with E-state index in [4.69, 9.17) is 0 Å². The fraction of sp³-hybridized carbons (Fsp3) is 0.143. The first-order valence-corrected chi connectivity index (χ1v) is 7.60. The second-order valence-electron chi connectivity index (χ2n) is 4.44. The Morgan fingerprint density at radius 3 is 2.32 bits per heavy atom. The summed E-state index contributed by atoms with van der Waals surface area (Å²) in [7, 11) is -4.04. The minimum atomic E-state index is -4.04. The third-order valence-electron chi connectivity index (χ3n) is 2.72. The number of rotatable bonds is 5. The Balaban J connectivity index is 2.35. The van der Waals surface area contributed by atoms with Crippen LogP contribution in [-0.2, 0) is 10.0 Å². The van der Waals surface area contributed by atoms with Crippen LogP contribution < -0.4 is 9.46 Å². The lowest BCUT2D eigenvalue weighted by atomic mass is 10.2. The number of alkyl halides is 2. The zero-order valence-electron chi connectivity index (χ0n) is 11.4. The molecule has 118 valence electrons. The lowest BCUT2D eigenvalue weighted by Crippen LogP contribution is -2.14. The van der Waals surface area contributed by atoms with Gasteiger partial charge in [-0.15, -0.1) is 0 Å². The van der Waals surface area contributed by atoms with Crippen molar-refractivity contribution in [3.8, 4) is 5.75 Å². The fourth-order valence-corrected chi connectivity index (χ4v) is 2.80. The highest BCUT2D eigenvalue weighted by Crippen LogP contribution is 2.29. The number of sulfonamides is 1. The van der Waals surface area contributed by atoms with Crippen molar-refractivity contribution in [2.45, 2.75) is 18.4 Å². The van der Waals surface area contributed by atoms with E-state index in [1.54, 1.807) is 13.0 Å². The van der Waals surface area contributed by atoms with Gasteiger partial charge in [0.1, 0.15) is 11.6 Å². The first-order chi connectivity index (χ1) is 10.3. The predicted molar refractivity (Wildman–Crippen MR) is 75.0 cm³/mol. The SMILES string of the molecule is Cc1ccc(NS(=O)(=O)c2ccc(F)cc2)c(OC(F)F)c1. The van der Waals surface area contributed by atoms with E-state index in [2.05, 4.69) is 9.46 Å². The van der Waals surface area contributed by atoms with Crippen molar-refractivity contribution in [2.24, 2.45) is 0 Å². The second kappa shape index (κ2) is 6.27. The van der Waals surface area contributed by atoms with Gasteiger partial charge in [-0.25, -0.2) is 12.8 Å². The van der Waals surface area contributed by atoms with Gasteiger partial charge in [0.25, 0.3) is 10.0 Å². The Morgan fingerprint density at radius 1 is 1.09 bits per heavy atom. The molecule has 8 heteroatoms. The Hall–Kier alpha value is -2.22. The molecule has 1 N–H and O–H groups in total. The van der Waals surface area contributed by atoms with E-state index < -0.39 is 22.5 Å². The molecule has 0 aliphatic rings. The lowest BCUT2D eigenvalue weighted by molar-refractivity contribution is -0.0493. The van der Waals surface area contributed by atoms with Crippen molar-refractivity contribution >= 4 is 15.7 Å². The molecule has 0 bridgehead atoms. The van der Waals surface area contributed by atoms with E-state index in [9.17, 15) is 21.6 Å². The molecule has 0 saturated heterocycles. The van der Waals surface area contributed by atoms with Crippen LogP contribution in [0.15, 0.2) is 47.4 Å². The van der Waals surface area contributed by atoms with Gasteiger partial charge >= 0.3 is 6.61 Å². The number of benzene rings is 2. The monoisotopic (exact) mass is 331 g/mol. The van der Waals surface area contributed by atoms with Crippen LogP contribution >= 0.6 is 0 Å². The fourth-order valence-electron chi connectivity index (χ4n) is 1.72. The molecule has 4 nitrogen and oxygen atoms in total. The molecule has 0 amide bonds. The van der Waals surface area contributed by atoms with Crippen LogP contribution in [0.1, 0.15) is 5.56 Å². The van der Waals surface area contributed by atoms with Crippen LogP contribution in [0, 0.1) is 12.7 Å². The summed E-state index contributed by atoms with van der Waals surface area (Å²) in [4.78, 5) is -0.197. The van der Waals surface area contributed by atoms with E-state index in [1.165, 1.54) is 12.1 Å². The van der Waals surface area contributed by atoms with E-state index in [0.29, 0.717) is 5.56 Å². The van der Waals surface area contributed by atoms with Crippen LogP contribution in [0.3, 0.4) is 0 Å². The summed E-state index contributed by atoms with van der Waals surface area (Å²) in [6.07, 6.45) is 0. The molecule has 0 saturated carbocycles. The Bertz CT molecular complexity index is 761. The highest BCUT2D eigenvalue weighted by Gasteiger charge is 2.18. The molecule has 0 aliphatic carbocycles. The average molecular weight is 331 g/mol. The molecule has 2 aromatic carbocycles. The number of anilines is 1. The molecule has 0 atom stereocenters. The van der Waals surface area contributed by atoms with Crippen molar-refractivity contribution in [1.29, 1.82) is 0 Å². The summed E-state index contributed by atoms with van der Waals surface area (Å²) in [6.45, 7) is -1.44. The normalized spacial score (nSPS) is 11.5. The number of hydrogen-bond donors (Lipinski definition) is 1. The van der Waals surface area contributed by atoms with Gasteiger partial charge in [-0.1, -0.05) is 6.07 Å². The van der Waals surface area contributed by atoms with Crippen molar-refractivity contribution in [3.63, 3.8) is 0 Å². The van der Waals surface area contributed by atoms with Gasteiger partial charge in [0.05, 0.1) is 10.6 Å². The van der Waals surface area contributed by atoms with Crippen LogP contribution in [0.25, 0.3) is 0 Å². The Morgan fingerprint density at radius 2 is 1.73 bits per heavy atom. The van der Waals surface area contributed by atoms with Crippen molar-refractivity contribution in [3.05, 3.63) is 53.8 Å². The molecule has 22 heavy (non-hydrogen) atoms. The molecule has 0 radical (unpaired) electrons. The number of halogens is 3. The summed E-state index contributed by atoms with van der Waals surface area (Å²) < 4.78 is 68.4. The summed E-state index contributed by atoms with van der Waals surface area (Å²) in [6, 6.07) is 8.25. The van der Waals surface area contributed by atoms with E-state index >= 15 is 0 Å². The number of ether oxygens (including phenoxy) is 1. The van der Waals surface area contributed by atoms with Gasteiger partial charge in [0, 0.05) is 0 Å². The van der Waals surface area contributed by atoms with Gasteiger partial charge < -0.3 is 4.74 Å². The third kappa shape index (κ3) is 3.91.